The van der Waals surface area contributed by atoms with Gasteiger partial charge in [-0.05, 0) is 25.2 Å². The molecule has 0 aromatic carbocycles. The van der Waals surface area contributed by atoms with Crippen molar-refractivity contribution in [2.24, 2.45) is 11.8 Å². The molecular formula is C10H18O2. The quantitative estimate of drug-likeness (QED) is 0.570. The van der Waals surface area contributed by atoms with Gasteiger partial charge >= 0.3 is 0 Å². The third-order valence-corrected chi connectivity index (χ3v) is 2.61. The largest absolute Gasteiger partial charge is 0.385 e. The highest BCUT2D eigenvalue weighted by atomic mass is 16.5. The van der Waals surface area contributed by atoms with E-state index in [9.17, 15) is 4.79 Å². The highest BCUT2D eigenvalue weighted by molar-refractivity contribution is 5.81. The molecule has 1 aliphatic rings. The normalized spacial score (nSPS) is 19.2. The molecular weight excluding hydrogens is 152 g/mol. The number of methoxy groups -OCH3 is 1. The van der Waals surface area contributed by atoms with Gasteiger partial charge in [0.15, 0.2) is 0 Å². The summed E-state index contributed by atoms with van der Waals surface area (Å²) in [7, 11) is 1.68. The first-order valence-electron chi connectivity index (χ1n) is 4.77. The minimum absolute atomic E-state index is 0.307. The Morgan fingerprint density at radius 2 is 2.25 bits per heavy atom. The molecule has 1 aliphatic carbocycles. The van der Waals surface area contributed by atoms with Crippen LogP contribution in [-0.2, 0) is 9.53 Å². The summed E-state index contributed by atoms with van der Waals surface area (Å²) in [6, 6.07) is 0. The van der Waals surface area contributed by atoms with Crippen molar-refractivity contribution in [1.82, 2.24) is 0 Å². The summed E-state index contributed by atoms with van der Waals surface area (Å²) >= 11 is 0. The van der Waals surface area contributed by atoms with Crippen molar-refractivity contribution in [3.05, 3.63) is 0 Å². The number of hydrogen-bond donors (Lipinski definition) is 0. The fourth-order valence-corrected chi connectivity index (χ4v) is 1.48. The van der Waals surface area contributed by atoms with E-state index in [2.05, 4.69) is 6.92 Å². The predicted molar refractivity (Wildman–Crippen MR) is 48.0 cm³/mol. The Morgan fingerprint density at radius 3 is 2.75 bits per heavy atom. The van der Waals surface area contributed by atoms with Crippen LogP contribution in [0, 0.1) is 11.8 Å². The van der Waals surface area contributed by atoms with Crippen LogP contribution >= 0.6 is 0 Å². The van der Waals surface area contributed by atoms with E-state index in [1.807, 2.05) is 0 Å². The second-order valence-electron chi connectivity index (χ2n) is 3.69. The molecule has 70 valence electrons. The molecule has 12 heavy (non-hydrogen) atoms. The number of ether oxygens (including phenoxy) is 1. The van der Waals surface area contributed by atoms with Crippen molar-refractivity contribution in [2.75, 3.05) is 13.7 Å². The molecule has 1 unspecified atom stereocenters. The Bertz CT molecular complexity index is 150. The molecule has 0 aromatic heterocycles. The Labute approximate surface area is 74.3 Å². The number of carbonyl (C=O) groups excluding carboxylic acids is 1. The van der Waals surface area contributed by atoms with E-state index in [1.165, 1.54) is 12.8 Å². The third kappa shape index (κ3) is 2.94. The summed E-state index contributed by atoms with van der Waals surface area (Å²) in [4.78, 5) is 11.4. The fourth-order valence-electron chi connectivity index (χ4n) is 1.48. The van der Waals surface area contributed by atoms with Gasteiger partial charge in [-0.1, -0.05) is 6.92 Å². The predicted octanol–water partition coefficient (Wildman–Crippen LogP) is 2.03. The summed E-state index contributed by atoms with van der Waals surface area (Å²) in [5.74, 6) is 1.44. The van der Waals surface area contributed by atoms with E-state index in [-0.39, 0.29) is 0 Å². The zero-order valence-electron chi connectivity index (χ0n) is 8.01. The van der Waals surface area contributed by atoms with Gasteiger partial charge in [-0.25, -0.2) is 0 Å². The van der Waals surface area contributed by atoms with Gasteiger partial charge in [0.2, 0.25) is 0 Å². The zero-order chi connectivity index (χ0) is 8.97. The van der Waals surface area contributed by atoms with E-state index in [1.54, 1.807) is 7.11 Å². The lowest BCUT2D eigenvalue weighted by Crippen LogP contribution is -2.13. The molecule has 0 saturated heterocycles. The first kappa shape index (κ1) is 9.72. The van der Waals surface area contributed by atoms with Gasteiger partial charge in [-0.15, -0.1) is 0 Å². The molecule has 1 rings (SSSR count). The first-order valence-corrected chi connectivity index (χ1v) is 4.77. The minimum atomic E-state index is 0.307. The average Bonchev–Trinajstić information content (AvgIpc) is 2.86. The summed E-state index contributed by atoms with van der Waals surface area (Å²) in [5.41, 5.74) is 0. The summed E-state index contributed by atoms with van der Waals surface area (Å²) in [6.07, 6.45) is 4.10. The van der Waals surface area contributed by atoms with Crippen LogP contribution in [0.2, 0.25) is 0 Å². The molecule has 0 heterocycles. The average molecular weight is 170 g/mol. The van der Waals surface area contributed by atoms with Crippen LogP contribution in [0.15, 0.2) is 0 Å². The van der Waals surface area contributed by atoms with Crippen molar-refractivity contribution in [3.8, 4) is 0 Å². The Balaban J connectivity index is 2.09. The smallest absolute Gasteiger partial charge is 0.136 e. The van der Waals surface area contributed by atoms with Gasteiger partial charge in [0.05, 0.1) is 0 Å². The van der Waals surface area contributed by atoms with Crippen molar-refractivity contribution in [3.63, 3.8) is 0 Å². The van der Waals surface area contributed by atoms with Crippen molar-refractivity contribution in [1.29, 1.82) is 0 Å². The Morgan fingerprint density at radius 1 is 1.58 bits per heavy atom. The van der Waals surface area contributed by atoms with Crippen LogP contribution in [0.1, 0.15) is 32.6 Å². The molecule has 0 aliphatic heterocycles. The summed E-state index contributed by atoms with van der Waals surface area (Å²) < 4.78 is 4.90. The van der Waals surface area contributed by atoms with Crippen LogP contribution < -0.4 is 0 Å². The topological polar surface area (TPSA) is 26.3 Å². The third-order valence-electron chi connectivity index (χ3n) is 2.61. The molecule has 0 N–H and O–H groups in total. The maximum Gasteiger partial charge on any atom is 0.136 e. The van der Waals surface area contributed by atoms with Gasteiger partial charge in [0.25, 0.3) is 0 Å². The molecule has 0 spiro atoms. The maximum atomic E-state index is 11.4. The molecule has 1 fully saturated rings. The lowest BCUT2D eigenvalue weighted by atomic mass is 9.98. The fraction of sp³-hybridized carbons (Fsp3) is 0.900. The van der Waals surface area contributed by atoms with E-state index >= 15 is 0 Å². The molecule has 2 nitrogen and oxygen atoms in total. The standard InChI is InChI=1S/C10H18O2/c1-8(9-5-6-9)10(11)4-3-7-12-2/h8-9H,3-7H2,1-2H3. The highest BCUT2D eigenvalue weighted by Gasteiger charge is 2.31. The highest BCUT2D eigenvalue weighted by Crippen LogP contribution is 2.37. The van der Waals surface area contributed by atoms with Gasteiger partial charge in [-0.2, -0.15) is 0 Å². The van der Waals surface area contributed by atoms with Crippen molar-refractivity contribution >= 4 is 5.78 Å². The summed E-state index contributed by atoms with van der Waals surface area (Å²) in [6.45, 7) is 2.77. The maximum absolute atomic E-state index is 11.4. The first-order chi connectivity index (χ1) is 5.75. The van der Waals surface area contributed by atoms with Crippen molar-refractivity contribution < 1.29 is 9.53 Å². The van der Waals surface area contributed by atoms with Crippen LogP contribution in [0.4, 0.5) is 0 Å². The van der Waals surface area contributed by atoms with Crippen LogP contribution in [0.25, 0.3) is 0 Å². The monoisotopic (exact) mass is 170 g/mol. The Kier molecular flexibility index (Phi) is 3.73. The van der Waals surface area contributed by atoms with E-state index < -0.39 is 0 Å². The molecule has 0 amide bonds. The number of ketones is 1. The second kappa shape index (κ2) is 4.61. The number of carbonyl (C=O) groups is 1. The molecule has 2 heteroatoms. The van der Waals surface area contributed by atoms with Gasteiger partial charge in [-0.3, -0.25) is 4.79 Å². The van der Waals surface area contributed by atoms with Crippen LogP contribution in [0.3, 0.4) is 0 Å². The van der Waals surface area contributed by atoms with Gasteiger partial charge in [0.1, 0.15) is 5.78 Å². The molecule has 1 atom stereocenters. The van der Waals surface area contributed by atoms with Gasteiger partial charge in [0, 0.05) is 26.1 Å². The van der Waals surface area contributed by atoms with Crippen molar-refractivity contribution in [2.45, 2.75) is 32.6 Å². The van der Waals surface area contributed by atoms with Crippen LogP contribution in [-0.4, -0.2) is 19.5 Å². The van der Waals surface area contributed by atoms with Gasteiger partial charge < -0.3 is 4.74 Å². The zero-order valence-corrected chi connectivity index (χ0v) is 8.01. The second-order valence-corrected chi connectivity index (χ2v) is 3.69. The van der Waals surface area contributed by atoms with E-state index in [4.69, 9.17) is 4.74 Å². The number of hydrogen-bond acceptors (Lipinski definition) is 2. The molecule has 0 radical (unpaired) electrons. The van der Waals surface area contributed by atoms with Crippen LogP contribution in [0.5, 0.6) is 0 Å². The van der Waals surface area contributed by atoms with E-state index in [0.29, 0.717) is 30.6 Å². The number of rotatable bonds is 6. The molecule has 0 bridgehead atoms. The summed E-state index contributed by atoms with van der Waals surface area (Å²) in [5, 5.41) is 0. The SMILES string of the molecule is COCCCC(=O)C(C)C1CC1. The molecule has 0 aromatic rings. The Hall–Kier alpha value is -0.370. The van der Waals surface area contributed by atoms with E-state index in [0.717, 1.165) is 6.42 Å². The molecule has 1 saturated carbocycles. The number of Topliss-reactive ketones (excluding diaryl/α,β-unsaturated/α-hetero) is 1. The minimum Gasteiger partial charge on any atom is -0.385 e. The lowest BCUT2D eigenvalue weighted by Gasteiger charge is -2.07. The lowest BCUT2D eigenvalue weighted by molar-refractivity contribution is -0.123.